The van der Waals surface area contributed by atoms with E-state index in [9.17, 15) is 9.59 Å². The molecule has 2 rings (SSSR count). The largest absolute Gasteiger partial charge is 0.493 e. The molecule has 0 unspecified atom stereocenters. The molecular formula is C22H29NO5S. The number of benzene rings is 1. The third-order valence-electron chi connectivity index (χ3n) is 4.52. The van der Waals surface area contributed by atoms with Gasteiger partial charge in [-0.25, -0.2) is 4.79 Å². The Labute approximate surface area is 176 Å². The van der Waals surface area contributed by atoms with Crippen LogP contribution >= 0.6 is 11.3 Å². The monoisotopic (exact) mass is 419 g/mol. The van der Waals surface area contributed by atoms with Crippen molar-refractivity contribution in [3.05, 3.63) is 45.1 Å². The van der Waals surface area contributed by atoms with Gasteiger partial charge in [0.25, 0.3) is 5.91 Å². The molecule has 0 aliphatic rings. The number of hydrogen-bond donors (Lipinski definition) is 1. The summed E-state index contributed by atoms with van der Waals surface area (Å²) in [6, 6.07) is 7.29. The normalized spacial score (nSPS) is 11.6. The maximum absolute atomic E-state index is 12.5. The highest BCUT2D eigenvalue weighted by Crippen LogP contribution is 2.28. The fraction of sp³-hybridized carbons (Fsp3) is 0.455. The Morgan fingerprint density at radius 2 is 1.83 bits per heavy atom. The van der Waals surface area contributed by atoms with Crippen molar-refractivity contribution in [2.75, 3.05) is 14.2 Å². The van der Waals surface area contributed by atoms with Crippen molar-refractivity contribution in [3.8, 4) is 11.5 Å². The Morgan fingerprint density at radius 3 is 2.45 bits per heavy atom. The molecule has 0 aliphatic heterocycles. The van der Waals surface area contributed by atoms with E-state index < -0.39 is 12.1 Å². The van der Waals surface area contributed by atoms with Crippen LogP contribution in [0.3, 0.4) is 0 Å². The quantitative estimate of drug-likeness (QED) is 0.586. The predicted octanol–water partition coefficient (Wildman–Crippen LogP) is 4.14. The maximum atomic E-state index is 12.5. The molecular weight excluding hydrogens is 390 g/mol. The van der Waals surface area contributed by atoms with Gasteiger partial charge >= 0.3 is 5.97 Å². The Bertz CT molecular complexity index is 846. The lowest BCUT2D eigenvalue weighted by Crippen LogP contribution is -2.35. The topological polar surface area (TPSA) is 73.9 Å². The average molecular weight is 420 g/mol. The van der Waals surface area contributed by atoms with Crippen molar-refractivity contribution in [1.82, 2.24) is 5.32 Å². The van der Waals surface area contributed by atoms with Crippen LogP contribution in [0.4, 0.5) is 0 Å². The van der Waals surface area contributed by atoms with E-state index in [0.717, 1.165) is 24.8 Å². The number of methoxy groups -OCH3 is 2. The van der Waals surface area contributed by atoms with Gasteiger partial charge in [0.1, 0.15) is 4.88 Å². The van der Waals surface area contributed by atoms with Crippen LogP contribution in [-0.2, 0) is 28.9 Å². The Kier molecular flexibility index (Phi) is 8.51. The lowest BCUT2D eigenvalue weighted by atomic mass is 10.1. The fourth-order valence-electron chi connectivity index (χ4n) is 2.90. The van der Waals surface area contributed by atoms with Crippen LogP contribution in [0, 0.1) is 0 Å². The summed E-state index contributed by atoms with van der Waals surface area (Å²) in [5.41, 5.74) is 2.03. The zero-order valence-corrected chi connectivity index (χ0v) is 18.5. The lowest BCUT2D eigenvalue weighted by molar-refractivity contribution is -0.129. The van der Waals surface area contributed by atoms with E-state index in [1.54, 1.807) is 33.3 Å². The Balaban J connectivity index is 1.94. The molecule has 1 heterocycles. The second-order valence-corrected chi connectivity index (χ2v) is 7.75. The molecule has 158 valence electrons. The summed E-state index contributed by atoms with van der Waals surface area (Å²) in [5, 5.41) is 2.78. The molecule has 7 heteroatoms. The maximum Gasteiger partial charge on any atom is 0.349 e. The molecule has 29 heavy (non-hydrogen) atoms. The van der Waals surface area contributed by atoms with Crippen LogP contribution in [0.5, 0.6) is 11.5 Å². The molecule has 0 spiro atoms. The van der Waals surface area contributed by atoms with Crippen molar-refractivity contribution >= 4 is 23.2 Å². The van der Waals surface area contributed by atoms with Gasteiger partial charge in [-0.15, -0.1) is 11.3 Å². The first-order chi connectivity index (χ1) is 13.9. The summed E-state index contributed by atoms with van der Waals surface area (Å²) in [6.07, 6.45) is 1.96. The average Bonchev–Trinajstić information content (AvgIpc) is 3.15. The third kappa shape index (κ3) is 5.97. The van der Waals surface area contributed by atoms with Gasteiger partial charge in [-0.05, 0) is 49.1 Å². The first-order valence-corrected chi connectivity index (χ1v) is 10.6. The molecule has 0 saturated carbocycles. The molecule has 1 atom stereocenters. The molecule has 1 N–H and O–H groups in total. The number of aryl methyl sites for hydroxylation is 2. The molecule has 1 amide bonds. The molecule has 0 radical (unpaired) electrons. The van der Waals surface area contributed by atoms with E-state index in [2.05, 4.69) is 19.2 Å². The standard InChI is InChI=1S/C22H29NO5S/c1-6-8-19-16(7-2)12-20(29-19)22(25)28-14(3)21(24)23-13-15-9-10-17(26-4)18(11-15)27-5/h9-12,14H,6-8,13H2,1-5H3,(H,23,24)/t14-/m1/s1. The number of esters is 1. The van der Waals surface area contributed by atoms with E-state index >= 15 is 0 Å². The van der Waals surface area contributed by atoms with E-state index in [4.69, 9.17) is 14.2 Å². The SMILES string of the molecule is CCCc1sc(C(=O)O[C@H](C)C(=O)NCc2ccc(OC)c(OC)c2)cc1CC. The van der Waals surface area contributed by atoms with Crippen molar-refractivity contribution in [3.63, 3.8) is 0 Å². The van der Waals surface area contributed by atoms with Gasteiger partial charge in [0.05, 0.1) is 14.2 Å². The van der Waals surface area contributed by atoms with Crippen molar-refractivity contribution in [2.24, 2.45) is 0 Å². The molecule has 6 nitrogen and oxygen atoms in total. The summed E-state index contributed by atoms with van der Waals surface area (Å²) in [6.45, 7) is 6.05. The fourth-order valence-corrected chi connectivity index (χ4v) is 4.14. The molecule has 2 aromatic rings. The van der Waals surface area contributed by atoms with Crippen LogP contribution in [0.2, 0.25) is 0 Å². The first-order valence-electron chi connectivity index (χ1n) is 9.74. The third-order valence-corrected chi connectivity index (χ3v) is 5.74. The zero-order chi connectivity index (χ0) is 21.4. The number of hydrogen-bond acceptors (Lipinski definition) is 6. The van der Waals surface area contributed by atoms with Crippen LogP contribution in [-0.4, -0.2) is 32.2 Å². The number of amides is 1. The number of thiophene rings is 1. The molecule has 0 fully saturated rings. The highest BCUT2D eigenvalue weighted by molar-refractivity contribution is 7.14. The number of carbonyl (C=O) groups is 2. The lowest BCUT2D eigenvalue weighted by Gasteiger charge is -2.14. The van der Waals surface area contributed by atoms with Gasteiger partial charge in [-0.1, -0.05) is 26.3 Å². The van der Waals surface area contributed by atoms with Gasteiger partial charge in [-0.2, -0.15) is 0 Å². The highest BCUT2D eigenvalue weighted by Gasteiger charge is 2.21. The first kappa shape index (κ1) is 22.7. The summed E-state index contributed by atoms with van der Waals surface area (Å²) in [5.74, 6) is 0.399. The summed E-state index contributed by atoms with van der Waals surface area (Å²) in [4.78, 5) is 26.6. The second kappa shape index (κ2) is 10.9. The van der Waals surface area contributed by atoms with E-state index in [0.29, 0.717) is 22.9 Å². The van der Waals surface area contributed by atoms with Crippen molar-refractivity contribution in [2.45, 2.75) is 52.7 Å². The number of nitrogens with one attached hydrogen (secondary N) is 1. The van der Waals surface area contributed by atoms with E-state index in [1.165, 1.54) is 21.8 Å². The van der Waals surface area contributed by atoms with Crippen LogP contribution in [0.15, 0.2) is 24.3 Å². The highest BCUT2D eigenvalue weighted by atomic mass is 32.1. The van der Waals surface area contributed by atoms with Gasteiger partial charge < -0.3 is 19.5 Å². The molecule has 0 bridgehead atoms. The summed E-state index contributed by atoms with van der Waals surface area (Å²) in [7, 11) is 3.12. The van der Waals surface area contributed by atoms with E-state index in [1.807, 2.05) is 12.1 Å². The number of carbonyl (C=O) groups excluding carboxylic acids is 2. The molecule has 0 aliphatic carbocycles. The molecule has 0 saturated heterocycles. The minimum atomic E-state index is -0.885. The minimum absolute atomic E-state index is 0.292. The number of ether oxygens (including phenoxy) is 3. The van der Waals surface area contributed by atoms with Gasteiger partial charge in [0.15, 0.2) is 17.6 Å². The van der Waals surface area contributed by atoms with Crippen LogP contribution < -0.4 is 14.8 Å². The Hall–Kier alpha value is -2.54. The number of rotatable bonds is 10. The smallest absolute Gasteiger partial charge is 0.349 e. The van der Waals surface area contributed by atoms with E-state index in [-0.39, 0.29) is 5.91 Å². The van der Waals surface area contributed by atoms with Crippen molar-refractivity contribution in [1.29, 1.82) is 0 Å². The Morgan fingerprint density at radius 1 is 1.10 bits per heavy atom. The molecule has 1 aromatic heterocycles. The van der Waals surface area contributed by atoms with Crippen LogP contribution in [0.1, 0.15) is 52.9 Å². The predicted molar refractivity (Wildman–Crippen MR) is 114 cm³/mol. The van der Waals surface area contributed by atoms with Crippen LogP contribution in [0.25, 0.3) is 0 Å². The summed E-state index contributed by atoms with van der Waals surface area (Å²) >= 11 is 1.46. The zero-order valence-electron chi connectivity index (χ0n) is 17.7. The van der Waals surface area contributed by atoms with Gasteiger partial charge in [-0.3, -0.25) is 4.79 Å². The minimum Gasteiger partial charge on any atom is -0.493 e. The van der Waals surface area contributed by atoms with Crippen molar-refractivity contribution < 1.29 is 23.8 Å². The second-order valence-electron chi connectivity index (χ2n) is 6.62. The molecule has 1 aromatic carbocycles. The summed E-state index contributed by atoms with van der Waals surface area (Å²) < 4.78 is 15.8. The van der Waals surface area contributed by atoms with Gasteiger partial charge in [0.2, 0.25) is 0 Å². The van der Waals surface area contributed by atoms with Gasteiger partial charge in [0, 0.05) is 11.4 Å².